The van der Waals surface area contributed by atoms with Gasteiger partial charge >= 0.3 is 0 Å². The Morgan fingerprint density at radius 3 is 2.86 bits per heavy atom. The van der Waals surface area contributed by atoms with Crippen LogP contribution in [0, 0.1) is 0 Å². The fourth-order valence-corrected chi connectivity index (χ4v) is 3.19. The SMILES string of the molecule is CCCCCc1cc(S)c2c(c1)OC(C)CC2=NCC(C)O. The molecule has 0 saturated carbocycles. The van der Waals surface area contributed by atoms with Gasteiger partial charge in [-0.3, -0.25) is 4.99 Å². The third kappa shape index (κ3) is 4.50. The maximum absolute atomic E-state index is 9.47. The Labute approximate surface area is 139 Å². The lowest BCUT2D eigenvalue weighted by Crippen LogP contribution is -2.26. The lowest BCUT2D eigenvalue weighted by molar-refractivity contribution is 0.202. The molecule has 0 spiro atoms. The summed E-state index contributed by atoms with van der Waals surface area (Å²) in [4.78, 5) is 5.51. The molecule has 0 radical (unpaired) electrons. The molecule has 1 heterocycles. The van der Waals surface area contributed by atoms with E-state index in [9.17, 15) is 5.11 Å². The first-order valence-electron chi connectivity index (χ1n) is 8.25. The maximum atomic E-state index is 9.47. The van der Waals surface area contributed by atoms with Crippen molar-refractivity contribution in [1.82, 2.24) is 0 Å². The van der Waals surface area contributed by atoms with Crippen LogP contribution < -0.4 is 4.74 Å². The van der Waals surface area contributed by atoms with Gasteiger partial charge in [0, 0.05) is 11.3 Å². The van der Waals surface area contributed by atoms with E-state index >= 15 is 0 Å². The van der Waals surface area contributed by atoms with E-state index in [1.54, 1.807) is 6.92 Å². The first-order valence-corrected chi connectivity index (χ1v) is 8.70. The molecule has 1 aliphatic heterocycles. The summed E-state index contributed by atoms with van der Waals surface area (Å²) in [7, 11) is 0. The molecule has 1 aromatic carbocycles. The van der Waals surface area contributed by atoms with Gasteiger partial charge in [0.2, 0.25) is 0 Å². The van der Waals surface area contributed by atoms with Gasteiger partial charge in [-0.05, 0) is 44.4 Å². The first kappa shape index (κ1) is 17.4. The van der Waals surface area contributed by atoms with Gasteiger partial charge in [-0.15, -0.1) is 12.6 Å². The summed E-state index contributed by atoms with van der Waals surface area (Å²) in [6, 6.07) is 4.27. The largest absolute Gasteiger partial charge is 0.490 e. The Morgan fingerprint density at radius 2 is 2.18 bits per heavy atom. The average Bonchev–Trinajstić information content (AvgIpc) is 2.44. The minimum absolute atomic E-state index is 0.110. The number of thiol groups is 1. The number of aliphatic imine (C=N–C) groups is 1. The summed E-state index contributed by atoms with van der Waals surface area (Å²) in [6.07, 6.45) is 5.18. The molecule has 0 saturated heterocycles. The van der Waals surface area contributed by atoms with Crippen LogP contribution in [0.5, 0.6) is 5.75 Å². The van der Waals surface area contributed by atoms with Crippen molar-refractivity contribution in [2.24, 2.45) is 4.99 Å². The molecule has 1 N–H and O–H groups in total. The smallest absolute Gasteiger partial charge is 0.130 e. The highest BCUT2D eigenvalue weighted by molar-refractivity contribution is 7.80. The Bertz CT molecular complexity index is 540. The number of fused-ring (bicyclic) bond motifs is 1. The molecule has 2 atom stereocenters. The summed E-state index contributed by atoms with van der Waals surface area (Å²) in [5.74, 6) is 0.891. The molecule has 0 bridgehead atoms. The summed E-state index contributed by atoms with van der Waals surface area (Å²) < 4.78 is 6.00. The molecule has 0 aromatic heterocycles. The number of unbranched alkanes of at least 4 members (excludes halogenated alkanes) is 2. The van der Waals surface area contributed by atoms with Crippen molar-refractivity contribution in [3.05, 3.63) is 23.3 Å². The molecular formula is C18H27NO2S. The number of ether oxygens (including phenoxy) is 1. The molecule has 3 nitrogen and oxygen atoms in total. The quantitative estimate of drug-likeness (QED) is 0.613. The van der Waals surface area contributed by atoms with Gasteiger partial charge < -0.3 is 9.84 Å². The van der Waals surface area contributed by atoms with Crippen molar-refractivity contribution in [2.75, 3.05) is 6.54 Å². The third-order valence-corrected chi connectivity index (χ3v) is 4.21. The maximum Gasteiger partial charge on any atom is 0.130 e. The van der Waals surface area contributed by atoms with Crippen LogP contribution in [-0.2, 0) is 6.42 Å². The molecule has 1 aromatic rings. The van der Waals surface area contributed by atoms with Gasteiger partial charge in [-0.1, -0.05) is 19.8 Å². The van der Waals surface area contributed by atoms with Crippen molar-refractivity contribution in [3.63, 3.8) is 0 Å². The molecule has 4 heteroatoms. The number of benzene rings is 1. The van der Waals surface area contributed by atoms with Crippen molar-refractivity contribution >= 4 is 18.3 Å². The normalized spacial score (nSPS) is 20.6. The van der Waals surface area contributed by atoms with Crippen LogP contribution >= 0.6 is 12.6 Å². The Morgan fingerprint density at radius 1 is 1.41 bits per heavy atom. The summed E-state index contributed by atoms with van der Waals surface area (Å²) >= 11 is 4.66. The lowest BCUT2D eigenvalue weighted by atomic mass is 9.96. The zero-order chi connectivity index (χ0) is 16.1. The molecule has 2 rings (SSSR count). The fourth-order valence-electron chi connectivity index (χ4n) is 2.78. The molecule has 22 heavy (non-hydrogen) atoms. The second-order valence-electron chi connectivity index (χ2n) is 6.21. The van der Waals surface area contributed by atoms with Gasteiger partial charge in [0.25, 0.3) is 0 Å². The molecule has 2 unspecified atom stereocenters. The van der Waals surface area contributed by atoms with Crippen molar-refractivity contribution in [2.45, 2.75) is 70.0 Å². The predicted molar refractivity (Wildman–Crippen MR) is 94.7 cm³/mol. The molecular weight excluding hydrogens is 294 g/mol. The van der Waals surface area contributed by atoms with E-state index in [-0.39, 0.29) is 6.10 Å². The van der Waals surface area contributed by atoms with Crippen LogP contribution in [-0.4, -0.2) is 29.6 Å². The van der Waals surface area contributed by atoms with Gasteiger partial charge in [0.1, 0.15) is 11.9 Å². The fraction of sp³-hybridized carbons (Fsp3) is 0.611. The second kappa shape index (κ2) is 8.02. The number of aliphatic hydroxyl groups is 1. The number of nitrogens with zero attached hydrogens (tertiary/aromatic N) is 1. The number of aliphatic hydroxyl groups excluding tert-OH is 1. The van der Waals surface area contributed by atoms with Crippen LogP contribution in [0.25, 0.3) is 0 Å². The van der Waals surface area contributed by atoms with Crippen molar-refractivity contribution < 1.29 is 9.84 Å². The van der Waals surface area contributed by atoms with E-state index in [0.717, 1.165) is 34.8 Å². The van der Waals surface area contributed by atoms with Gasteiger partial charge in [0.15, 0.2) is 0 Å². The lowest BCUT2D eigenvalue weighted by Gasteiger charge is -2.27. The average molecular weight is 321 g/mol. The molecule has 0 amide bonds. The van der Waals surface area contributed by atoms with Crippen LogP contribution in [0.4, 0.5) is 0 Å². The molecule has 0 fully saturated rings. The highest BCUT2D eigenvalue weighted by Crippen LogP contribution is 2.34. The van der Waals surface area contributed by atoms with E-state index in [1.165, 1.54) is 24.8 Å². The summed E-state index contributed by atoms with van der Waals surface area (Å²) in [6.45, 7) is 6.45. The van der Waals surface area contributed by atoms with Crippen LogP contribution in [0.2, 0.25) is 0 Å². The number of hydrogen-bond donors (Lipinski definition) is 2. The zero-order valence-corrected chi connectivity index (χ0v) is 14.7. The second-order valence-corrected chi connectivity index (χ2v) is 6.70. The van der Waals surface area contributed by atoms with Crippen LogP contribution in [0.1, 0.15) is 57.6 Å². The molecule has 0 aliphatic carbocycles. The minimum Gasteiger partial charge on any atom is -0.490 e. The Balaban J connectivity index is 2.28. The van der Waals surface area contributed by atoms with E-state index in [2.05, 4.69) is 43.6 Å². The number of hydrogen-bond acceptors (Lipinski definition) is 4. The van der Waals surface area contributed by atoms with Crippen molar-refractivity contribution in [3.8, 4) is 5.75 Å². The minimum atomic E-state index is -0.425. The van der Waals surface area contributed by atoms with E-state index in [1.807, 2.05) is 0 Å². The summed E-state index contributed by atoms with van der Waals surface area (Å²) in [5, 5.41) is 9.47. The standard InChI is InChI=1S/C18H27NO2S/c1-4-5-6-7-14-9-16-18(17(22)10-14)15(8-13(3)21-16)19-11-12(2)20/h9-10,12-13,20,22H,4-8,11H2,1-3H3. The van der Waals surface area contributed by atoms with Gasteiger partial charge in [-0.2, -0.15) is 0 Å². The van der Waals surface area contributed by atoms with E-state index in [0.29, 0.717) is 6.54 Å². The highest BCUT2D eigenvalue weighted by atomic mass is 32.1. The Hall–Kier alpha value is -1.00. The number of rotatable bonds is 6. The van der Waals surface area contributed by atoms with Gasteiger partial charge in [-0.25, -0.2) is 0 Å². The molecule has 1 aliphatic rings. The van der Waals surface area contributed by atoms with E-state index < -0.39 is 6.10 Å². The molecule has 122 valence electrons. The highest BCUT2D eigenvalue weighted by Gasteiger charge is 2.24. The van der Waals surface area contributed by atoms with Gasteiger partial charge in [0.05, 0.1) is 23.9 Å². The first-order chi connectivity index (χ1) is 10.5. The van der Waals surface area contributed by atoms with Crippen LogP contribution in [0.15, 0.2) is 22.0 Å². The topological polar surface area (TPSA) is 41.8 Å². The third-order valence-electron chi connectivity index (χ3n) is 3.85. The monoisotopic (exact) mass is 321 g/mol. The Kier molecular flexibility index (Phi) is 6.33. The van der Waals surface area contributed by atoms with Crippen molar-refractivity contribution in [1.29, 1.82) is 0 Å². The van der Waals surface area contributed by atoms with Crippen LogP contribution in [0.3, 0.4) is 0 Å². The summed E-state index contributed by atoms with van der Waals surface area (Å²) in [5.41, 5.74) is 3.28. The number of aryl methyl sites for hydroxylation is 1. The predicted octanol–water partition coefficient (Wildman–Crippen LogP) is 4.05. The zero-order valence-electron chi connectivity index (χ0n) is 13.8. The van der Waals surface area contributed by atoms with E-state index in [4.69, 9.17) is 4.74 Å².